The number of methoxy groups -OCH3 is 1. The zero-order valence-corrected chi connectivity index (χ0v) is 15.9. The highest BCUT2D eigenvalue weighted by atomic mass is 32.2. The summed E-state index contributed by atoms with van der Waals surface area (Å²) >= 11 is 1.25. The first-order valence-electron chi connectivity index (χ1n) is 7.77. The third-order valence-electron chi connectivity index (χ3n) is 3.55. The summed E-state index contributed by atoms with van der Waals surface area (Å²) in [5.41, 5.74) is 0.328. The van der Waals surface area contributed by atoms with Gasteiger partial charge < -0.3 is 10.1 Å². The molecule has 140 valence electrons. The molecule has 27 heavy (non-hydrogen) atoms. The number of sulfonamides is 1. The minimum Gasteiger partial charge on any atom is -0.497 e. The number of hydrogen-bond acceptors (Lipinski definition) is 7. The summed E-state index contributed by atoms with van der Waals surface area (Å²) in [6, 6.07) is 9.35. The number of benzene rings is 1. The monoisotopic (exact) mass is 404 g/mol. The Hall–Kier alpha value is -2.98. The van der Waals surface area contributed by atoms with Crippen LogP contribution >= 0.6 is 11.3 Å². The predicted octanol–water partition coefficient (Wildman–Crippen LogP) is 2.38. The predicted molar refractivity (Wildman–Crippen MR) is 103 cm³/mol. The molecule has 8 nitrogen and oxygen atoms in total. The van der Waals surface area contributed by atoms with Crippen LogP contribution < -0.4 is 14.4 Å². The summed E-state index contributed by atoms with van der Waals surface area (Å²) in [6.45, 7) is -0.414. The topological polar surface area (TPSA) is 101 Å². The molecule has 0 radical (unpaired) electrons. The Morgan fingerprint density at radius 3 is 2.59 bits per heavy atom. The second kappa shape index (κ2) is 8.14. The van der Waals surface area contributed by atoms with Gasteiger partial charge in [0.05, 0.1) is 12.8 Å². The fraction of sp³-hybridized carbons (Fsp3) is 0.118. The second-order valence-electron chi connectivity index (χ2n) is 5.28. The number of nitrogens with one attached hydrogen (secondary N) is 1. The van der Waals surface area contributed by atoms with Crippen molar-refractivity contribution < 1.29 is 17.9 Å². The molecule has 3 rings (SSSR count). The first kappa shape index (κ1) is 18.8. The maximum absolute atomic E-state index is 13.1. The van der Waals surface area contributed by atoms with Crippen molar-refractivity contribution in [3.8, 4) is 5.75 Å². The number of pyridine rings is 1. The van der Waals surface area contributed by atoms with Gasteiger partial charge in [0.25, 0.3) is 10.0 Å². The summed E-state index contributed by atoms with van der Waals surface area (Å²) in [7, 11) is -2.48. The Kier molecular flexibility index (Phi) is 5.67. The molecule has 0 atom stereocenters. The lowest BCUT2D eigenvalue weighted by atomic mass is 10.3. The highest BCUT2D eigenvalue weighted by molar-refractivity contribution is 7.92. The lowest BCUT2D eigenvalue weighted by Crippen LogP contribution is -2.38. The first-order chi connectivity index (χ1) is 13.0. The van der Waals surface area contributed by atoms with Crippen molar-refractivity contribution in [2.24, 2.45) is 0 Å². The van der Waals surface area contributed by atoms with Crippen LogP contribution in [0.3, 0.4) is 0 Å². The molecule has 0 saturated heterocycles. The Morgan fingerprint density at radius 1 is 1.22 bits per heavy atom. The van der Waals surface area contributed by atoms with Crippen molar-refractivity contribution in [2.45, 2.75) is 4.90 Å². The van der Waals surface area contributed by atoms with Crippen molar-refractivity contribution in [3.63, 3.8) is 0 Å². The molecular weight excluding hydrogens is 388 g/mol. The Labute approximate surface area is 160 Å². The van der Waals surface area contributed by atoms with Gasteiger partial charge in [-0.25, -0.2) is 13.4 Å². The average Bonchev–Trinajstić information content (AvgIpc) is 3.20. The van der Waals surface area contributed by atoms with Crippen LogP contribution in [0.5, 0.6) is 5.75 Å². The maximum Gasteiger partial charge on any atom is 0.266 e. The van der Waals surface area contributed by atoms with E-state index in [-0.39, 0.29) is 4.90 Å². The van der Waals surface area contributed by atoms with E-state index < -0.39 is 22.5 Å². The van der Waals surface area contributed by atoms with Gasteiger partial charge in [-0.05, 0) is 36.4 Å². The minimum atomic E-state index is -4.00. The van der Waals surface area contributed by atoms with E-state index in [1.807, 2.05) is 0 Å². The number of carbonyl (C=O) groups is 1. The molecule has 2 heterocycles. The molecule has 0 saturated carbocycles. The maximum atomic E-state index is 13.1. The number of hydrogen-bond donors (Lipinski definition) is 1. The highest BCUT2D eigenvalue weighted by Crippen LogP contribution is 2.25. The van der Waals surface area contributed by atoms with Crippen LogP contribution in [0.4, 0.5) is 10.8 Å². The van der Waals surface area contributed by atoms with E-state index in [0.29, 0.717) is 16.6 Å². The number of anilines is 2. The number of amides is 1. The van der Waals surface area contributed by atoms with Gasteiger partial charge in [0.2, 0.25) is 5.91 Å². The van der Waals surface area contributed by atoms with Gasteiger partial charge >= 0.3 is 0 Å². The number of carbonyl (C=O) groups excluding carboxylic acids is 1. The number of thiazole rings is 1. The normalized spacial score (nSPS) is 11.0. The first-order valence-corrected chi connectivity index (χ1v) is 10.1. The molecule has 10 heteroatoms. The van der Waals surface area contributed by atoms with Gasteiger partial charge in [-0.3, -0.25) is 14.1 Å². The van der Waals surface area contributed by atoms with Crippen LogP contribution in [0.25, 0.3) is 0 Å². The van der Waals surface area contributed by atoms with Gasteiger partial charge in [-0.2, -0.15) is 0 Å². The van der Waals surface area contributed by atoms with E-state index in [4.69, 9.17) is 4.74 Å². The molecule has 0 aliphatic heterocycles. The molecular formula is C17H16N4O4S2. The summed E-state index contributed by atoms with van der Waals surface area (Å²) in [6.07, 6.45) is 4.27. The zero-order chi connectivity index (χ0) is 19.3. The fourth-order valence-corrected chi connectivity index (χ4v) is 4.20. The quantitative estimate of drug-likeness (QED) is 0.649. The van der Waals surface area contributed by atoms with Crippen LogP contribution in [0.15, 0.2) is 65.3 Å². The second-order valence-corrected chi connectivity index (χ2v) is 8.04. The van der Waals surface area contributed by atoms with Gasteiger partial charge in [0.1, 0.15) is 17.2 Å². The van der Waals surface area contributed by atoms with Crippen LogP contribution in [0.1, 0.15) is 0 Å². The van der Waals surface area contributed by atoms with Crippen LogP contribution in [0.2, 0.25) is 0 Å². The smallest absolute Gasteiger partial charge is 0.266 e. The molecule has 0 spiro atoms. The standard InChI is InChI=1S/C17H16N4O4S2/c1-25-14-6-4-13(5-7-14)21(12-16(22)20-17-19-9-10-26-17)27(23,24)15-3-2-8-18-11-15/h2-11H,12H2,1H3,(H,19,20,22). The van der Waals surface area contributed by atoms with Crippen molar-refractivity contribution in [1.82, 2.24) is 9.97 Å². The zero-order valence-electron chi connectivity index (χ0n) is 14.3. The van der Waals surface area contributed by atoms with E-state index in [9.17, 15) is 13.2 Å². The van der Waals surface area contributed by atoms with Gasteiger partial charge in [0.15, 0.2) is 5.13 Å². The van der Waals surface area contributed by atoms with Gasteiger partial charge in [-0.15, -0.1) is 11.3 Å². The van der Waals surface area contributed by atoms with Gasteiger partial charge in [0, 0.05) is 24.0 Å². The van der Waals surface area contributed by atoms with Crippen molar-refractivity contribution >= 4 is 38.1 Å². The lowest BCUT2D eigenvalue weighted by molar-refractivity contribution is -0.114. The van der Waals surface area contributed by atoms with E-state index in [1.54, 1.807) is 35.8 Å². The van der Waals surface area contributed by atoms with Gasteiger partial charge in [-0.1, -0.05) is 0 Å². The Morgan fingerprint density at radius 2 is 2.00 bits per heavy atom. The number of rotatable bonds is 7. The highest BCUT2D eigenvalue weighted by Gasteiger charge is 2.27. The third-order valence-corrected chi connectivity index (χ3v) is 5.99. The molecule has 0 bridgehead atoms. The summed E-state index contributed by atoms with van der Waals surface area (Å²) < 4.78 is 32.3. The van der Waals surface area contributed by atoms with E-state index in [0.717, 1.165) is 4.31 Å². The Balaban J connectivity index is 1.94. The largest absolute Gasteiger partial charge is 0.497 e. The van der Waals surface area contributed by atoms with Crippen molar-refractivity contribution in [1.29, 1.82) is 0 Å². The molecule has 0 aliphatic carbocycles. The number of aromatic nitrogens is 2. The van der Waals surface area contributed by atoms with E-state index >= 15 is 0 Å². The van der Waals surface area contributed by atoms with Crippen molar-refractivity contribution in [2.75, 3.05) is 23.3 Å². The number of nitrogens with zero attached hydrogens (tertiary/aromatic N) is 3. The lowest BCUT2D eigenvalue weighted by Gasteiger charge is -2.23. The molecule has 1 amide bonds. The molecule has 3 aromatic rings. The van der Waals surface area contributed by atoms with E-state index in [1.165, 1.54) is 43.0 Å². The molecule has 2 aromatic heterocycles. The summed E-state index contributed by atoms with van der Waals surface area (Å²) in [5.74, 6) is 0.0675. The number of ether oxygens (including phenoxy) is 1. The molecule has 0 aliphatic rings. The van der Waals surface area contributed by atoms with Crippen molar-refractivity contribution in [3.05, 3.63) is 60.4 Å². The average molecular weight is 404 g/mol. The fourth-order valence-electron chi connectivity index (χ4n) is 2.26. The van der Waals surface area contributed by atoms with Crippen LogP contribution in [0, 0.1) is 0 Å². The molecule has 0 fully saturated rings. The summed E-state index contributed by atoms with van der Waals surface area (Å²) in [5, 5.41) is 4.70. The van der Waals surface area contributed by atoms with Crippen LogP contribution in [-0.4, -0.2) is 37.9 Å². The molecule has 1 aromatic carbocycles. The minimum absolute atomic E-state index is 0.0112. The van der Waals surface area contributed by atoms with Crippen LogP contribution in [-0.2, 0) is 14.8 Å². The summed E-state index contributed by atoms with van der Waals surface area (Å²) in [4.78, 5) is 20.2. The van der Waals surface area contributed by atoms with E-state index in [2.05, 4.69) is 15.3 Å². The molecule has 0 unspecified atom stereocenters. The Bertz CT molecular complexity index is 991. The molecule has 1 N–H and O–H groups in total. The third kappa shape index (κ3) is 4.41. The SMILES string of the molecule is COc1ccc(N(CC(=O)Nc2nccs2)S(=O)(=O)c2cccnc2)cc1.